The van der Waals surface area contributed by atoms with Crippen molar-refractivity contribution in [1.29, 1.82) is 0 Å². The maximum Gasteiger partial charge on any atom is 0.335 e. The van der Waals surface area contributed by atoms with Crippen molar-refractivity contribution in [3.05, 3.63) is 5.69 Å². The van der Waals surface area contributed by atoms with Crippen LogP contribution in [0.3, 0.4) is 0 Å². The van der Waals surface area contributed by atoms with E-state index in [-0.39, 0.29) is 16.9 Å². The fourth-order valence-electron chi connectivity index (χ4n) is 0.978. The standard InChI is InChI=1S/C7H8N4O3S2/c1-3-16(12,13)7-10-9-6(14-7)5-4(2)8-11-15-5/h3H2,1-2H3. The molecule has 2 heterocycles. The molecule has 7 nitrogen and oxygen atoms in total. The third kappa shape index (κ3) is 1.83. The molecule has 0 spiro atoms. The lowest BCUT2D eigenvalue weighted by atomic mass is 10.4. The molecule has 0 aromatic carbocycles. The van der Waals surface area contributed by atoms with Gasteiger partial charge in [0.15, 0.2) is 0 Å². The van der Waals surface area contributed by atoms with Gasteiger partial charge in [0.05, 0.1) is 11.4 Å². The van der Waals surface area contributed by atoms with Gasteiger partial charge in [0, 0.05) is 0 Å². The Morgan fingerprint density at radius 1 is 1.31 bits per heavy atom. The molecule has 0 fully saturated rings. The molecule has 0 atom stereocenters. The van der Waals surface area contributed by atoms with Crippen LogP contribution in [0, 0.1) is 6.92 Å². The summed E-state index contributed by atoms with van der Waals surface area (Å²) in [5.41, 5.74) is 0.633. The third-order valence-electron chi connectivity index (χ3n) is 1.90. The highest BCUT2D eigenvalue weighted by atomic mass is 32.2. The predicted molar refractivity (Wildman–Crippen MR) is 55.7 cm³/mol. The number of hydrogen-bond donors (Lipinski definition) is 0. The van der Waals surface area contributed by atoms with E-state index in [1.807, 2.05) is 0 Å². The van der Waals surface area contributed by atoms with Crippen LogP contribution in [0.1, 0.15) is 12.6 Å². The van der Waals surface area contributed by atoms with Crippen molar-refractivity contribution in [2.24, 2.45) is 0 Å². The number of nitrogens with zero attached hydrogens (tertiary/aromatic N) is 4. The molecule has 0 N–H and O–H groups in total. The van der Waals surface area contributed by atoms with E-state index in [1.165, 1.54) is 6.92 Å². The Bertz CT molecular complexity index is 601. The number of rotatable bonds is 3. The van der Waals surface area contributed by atoms with Crippen LogP contribution in [0.4, 0.5) is 0 Å². The zero-order valence-corrected chi connectivity index (χ0v) is 10.2. The highest BCUT2D eigenvalue weighted by Gasteiger charge is 2.22. The lowest BCUT2D eigenvalue weighted by Crippen LogP contribution is -2.03. The van der Waals surface area contributed by atoms with Crippen LogP contribution in [0.5, 0.6) is 0 Å². The van der Waals surface area contributed by atoms with Gasteiger partial charge in [0.25, 0.3) is 5.89 Å². The molecule has 16 heavy (non-hydrogen) atoms. The number of aromatic nitrogens is 4. The minimum absolute atomic E-state index is 0.0748. The summed E-state index contributed by atoms with van der Waals surface area (Å²) in [5, 5.41) is 10.6. The summed E-state index contributed by atoms with van der Waals surface area (Å²) in [6.07, 6.45) is 0. The second kappa shape index (κ2) is 3.91. The Morgan fingerprint density at radius 2 is 2.06 bits per heavy atom. The van der Waals surface area contributed by atoms with Crippen molar-refractivity contribution in [1.82, 2.24) is 19.8 Å². The first-order valence-corrected chi connectivity index (χ1v) is 6.82. The molecule has 2 aromatic heterocycles. The molecule has 0 aliphatic rings. The first kappa shape index (κ1) is 11.1. The monoisotopic (exact) mass is 260 g/mol. The summed E-state index contributed by atoms with van der Waals surface area (Å²) in [7, 11) is -3.46. The lowest BCUT2D eigenvalue weighted by Gasteiger charge is -1.91. The van der Waals surface area contributed by atoms with Crippen molar-refractivity contribution >= 4 is 21.4 Å². The normalized spacial score (nSPS) is 11.9. The summed E-state index contributed by atoms with van der Waals surface area (Å²) < 4.78 is 31.7. The molecular weight excluding hydrogens is 252 g/mol. The Hall–Kier alpha value is -1.35. The van der Waals surface area contributed by atoms with E-state index in [2.05, 4.69) is 19.8 Å². The van der Waals surface area contributed by atoms with Crippen LogP contribution in [0.2, 0.25) is 0 Å². The maximum absolute atomic E-state index is 11.4. The molecule has 9 heteroatoms. The summed E-state index contributed by atoms with van der Waals surface area (Å²) in [6, 6.07) is 0. The first-order valence-electron chi connectivity index (χ1n) is 4.40. The highest BCUT2D eigenvalue weighted by Crippen LogP contribution is 2.25. The third-order valence-corrected chi connectivity index (χ3v) is 4.17. The van der Waals surface area contributed by atoms with Crippen LogP contribution in [0.15, 0.2) is 9.64 Å². The minimum Gasteiger partial charge on any atom is -0.407 e. The van der Waals surface area contributed by atoms with E-state index in [0.29, 0.717) is 10.6 Å². The van der Waals surface area contributed by atoms with Crippen molar-refractivity contribution in [2.75, 3.05) is 5.75 Å². The van der Waals surface area contributed by atoms with Gasteiger partial charge in [-0.25, -0.2) is 8.42 Å². The van der Waals surface area contributed by atoms with Gasteiger partial charge in [-0.05, 0) is 18.5 Å². The van der Waals surface area contributed by atoms with Crippen molar-refractivity contribution in [3.63, 3.8) is 0 Å². The maximum atomic E-state index is 11.4. The average molecular weight is 260 g/mol. The van der Waals surface area contributed by atoms with Gasteiger partial charge in [-0.3, -0.25) is 0 Å². The molecule has 2 rings (SSSR count). The quantitative estimate of drug-likeness (QED) is 0.800. The van der Waals surface area contributed by atoms with Crippen LogP contribution in [0.25, 0.3) is 10.8 Å². The highest BCUT2D eigenvalue weighted by molar-refractivity contribution is 7.91. The van der Waals surface area contributed by atoms with Crippen LogP contribution >= 0.6 is 11.5 Å². The van der Waals surface area contributed by atoms with Crippen molar-refractivity contribution in [2.45, 2.75) is 19.1 Å². The second-order valence-corrected chi connectivity index (χ2v) is 5.87. The SMILES string of the molecule is CCS(=O)(=O)c1nnc(-c2snnc2C)o1. The fourth-order valence-corrected chi connectivity index (χ4v) is 2.17. The van der Waals surface area contributed by atoms with E-state index in [1.54, 1.807) is 6.92 Å². The van der Waals surface area contributed by atoms with E-state index in [9.17, 15) is 8.42 Å². The Labute approximate surface area is 95.6 Å². The fraction of sp³-hybridized carbons (Fsp3) is 0.429. The summed E-state index contributed by atoms with van der Waals surface area (Å²) in [5.74, 6) is 0.0636. The second-order valence-electron chi connectivity index (χ2n) is 2.96. The van der Waals surface area contributed by atoms with Gasteiger partial charge in [0.2, 0.25) is 9.84 Å². The zero-order chi connectivity index (χ0) is 11.8. The molecular formula is C7H8N4O3S2. The average Bonchev–Trinajstić information content (AvgIpc) is 2.85. The molecule has 0 amide bonds. The summed E-state index contributed by atoms with van der Waals surface area (Å²) >= 11 is 1.08. The molecule has 86 valence electrons. The molecule has 0 aliphatic heterocycles. The Balaban J connectivity index is 2.45. The van der Waals surface area contributed by atoms with Crippen molar-refractivity contribution < 1.29 is 12.8 Å². The molecule has 0 unspecified atom stereocenters. The minimum atomic E-state index is -3.46. The summed E-state index contributed by atoms with van der Waals surface area (Å²) in [4.78, 5) is 0.588. The number of hydrogen-bond acceptors (Lipinski definition) is 8. The van der Waals surface area contributed by atoms with Gasteiger partial charge in [0.1, 0.15) is 4.88 Å². The van der Waals surface area contributed by atoms with E-state index >= 15 is 0 Å². The molecule has 0 saturated heterocycles. The van der Waals surface area contributed by atoms with Gasteiger partial charge in [-0.2, -0.15) is 0 Å². The van der Waals surface area contributed by atoms with E-state index in [0.717, 1.165) is 11.5 Å². The van der Waals surface area contributed by atoms with Gasteiger partial charge in [-0.15, -0.1) is 10.2 Å². The van der Waals surface area contributed by atoms with Gasteiger partial charge < -0.3 is 4.42 Å². The van der Waals surface area contributed by atoms with Crippen LogP contribution < -0.4 is 0 Å². The Morgan fingerprint density at radius 3 is 2.62 bits per heavy atom. The molecule has 0 saturated carbocycles. The van der Waals surface area contributed by atoms with E-state index in [4.69, 9.17) is 4.42 Å². The van der Waals surface area contributed by atoms with Gasteiger partial charge in [-0.1, -0.05) is 16.5 Å². The predicted octanol–water partition coefficient (Wildman–Crippen LogP) is 0.690. The topological polar surface area (TPSA) is 98.8 Å². The molecule has 0 aliphatic carbocycles. The number of sulfone groups is 1. The zero-order valence-electron chi connectivity index (χ0n) is 8.54. The number of aryl methyl sites for hydroxylation is 1. The van der Waals surface area contributed by atoms with Crippen LogP contribution in [-0.4, -0.2) is 34.0 Å². The summed E-state index contributed by atoms with van der Waals surface area (Å²) in [6.45, 7) is 3.25. The van der Waals surface area contributed by atoms with Gasteiger partial charge >= 0.3 is 5.22 Å². The first-order chi connectivity index (χ1) is 7.54. The molecule has 0 radical (unpaired) electrons. The van der Waals surface area contributed by atoms with Crippen LogP contribution in [-0.2, 0) is 9.84 Å². The largest absolute Gasteiger partial charge is 0.407 e. The van der Waals surface area contributed by atoms with Crippen molar-refractivity contribution in [3.8, 4) is 10.8 Å². The molecule has 0 bridgehead atoms. The smallest absolute Gasteiger partial charge is 0.335 e. The Kier molecular flexibility index (Phi) is 2.72. The van der Waals surface area contributed by atoms with E-state index < -0.39 is 9.84 Å². The molecule has 2 aromatic rings. The lowest BCUT2D eigenvalue weighted by molar-refractivity contribution is 0.441.